The highest BCUT2D eigenvalue weighted by Gasteiger charge is 2.20. The van der Waals surface area contributed by atoms with Crippen LogP contribution in [0.5, 0.6) is 0 Å². The van der Waals surface area contributed by atoms with Crippen molar-refractivity contribution < 1.29 is 29.0 Å². The van der Waals surface area contributed by atoms with Gasteiger partial charge in [0.05, 0.1) is 6.61 Å². The molecule has 28 heavy (non-hydrogen) atoms. The highest BCUT2D eigenvalue weighted by molar-refractivity contribution is 6.31. The van der Waals surface area contributed by atoms with Crippen LogP contribution >= 0.6 is 11.6 Å². The van der Waals surface area contributed by atoms with Gasteiger partial charge in [-0.1, -0.05) is 43.1 Å². The molecule has 0 bridgehead atoms. The van der Waals surface area contributed by atoms with Gasteiger partial charge in [0.2, 0.25) is 0 Å². The van der Waals surface area contributed by atoms with Crippen molar-refractivity contribution in [3.63, 3.8) is 0 Å². The number of rotatable bonds is 12. The number of aliphatic carboxylic acids is 1. The lowest BCUT2D eigenvalue weighted by Crippen LogP contribution is -2.41. The molecule has 9 heteroatoms. The monoisotopic (exact) mass is 414 g/mol. The fourth-order valence-electron chi connectivity index (χ4n) is 2.22. The molecule has 156 valence electrons. The van der Waals surface area contributed by atoms with E-state index >= 15 is 0 Å². The van der Waals surface area contributed by atoms with Crippen LogP contribution < -0.4 is 10.6 Å². The van der Waals surface area contributed by atoms with Crippen molar-refractivity contribution in [3.05, 3.63) is 34.9 Å². The standard InChI is InChI=1S/C19H27ClN2O6/c1-2-3-12-27-19(26)22-16(17(23)24)10-6-7-11-21-18(25)28-13-14-8-4-5-9-15(14)20/h4-5,8-9,16H,2-3,6-7,10-13H2,1H3,(H,21,25)(H,22,26)(H,23,24)/t16-/m0/s1. The van der Waals surface area contributed by atoms with Crippen LogP contribution in [0.25, 0.3) is 0 Å². The summed E-state index contributed by atoms with van der Waals surface area (Å²) in [5, 5.41) is 14.6. The van der Waals surface area contributed by atoms with E-state index in [0.717, 1.165) is 12.8 Å². The predicted molar refractivity (Wildman–Crippen MR) is 104 cm³/mol. The second kappa shape index (κ2) is 13.7. The third-order valence-corrected chi connectivity index (χ3v) is 4.20. The zero-order valence-corrected chi connectivity index (χ0v) is 16.7. The first-order valence-electron chi connectivity index (χ1n) is 9.24. The van der Waals surface area contributed by atoms with E-state index in [2.05, 4.69) is 10.6 Å². The summed E-state index contributed by atoms with van der Waals surface area (Å²) < 4.78 is 9.97. The third kappa shape index (κ3) is 10.0. The average molecular weight is 415 g/mol. The van der Waals surface area contributed by atoms with Gasteiger partial charge in [-0.05, 0) is 31.7 Å². The second-order valence-electron chi connectivity index (χ2n) is 6.11. The van der Waals surface area contributed by atoms with E-state index in [9.17, 15) is 14.4 Å². The summed E-state index contributed by atoms with van der Waals surface area (Å²) >= 11 is 5.98. The molecule has 3 N–H and O–H groups in total. The van der Waals surface area contributed by atoms with Crippen LogP contribution in [0.1, 0.15) is 44.6 Å². The molecule has 0 saturated carbocycles. The van der Waals surface area contributed by atoms with Gasteiger partial charge in [-0.2, -0.15) is 0 Å². The Hall–Kier alpha value is -2.48. The largest absolute Gasteiger partial charge is 0.480 e. The van der Waals surface area contributed by atoms with E-state index in [1.165, 1.54) is 0 Å². The molecule has 0 spiro atoms. The molecular formula is C19H27ClN2O6. The zero-order chi connectivity index (χ0) is 20.8. The molecule has 0 aliphatic carbocycles. The van der Waals surface area contributed by atoms with E-state index in [4.69, 9.17) is 26.2 Å². The van der Waals surface area contributed by atoms with E-state index in [-0.39, 0.29) is 19.6 Å². The first-order valence-corrected chi connectivity index (χ1v) is 9.62. The number of alkyl carbamates (subject to hydrolysis) is 2. The summed E-state index contributed by atoms with van der Waals surface area (Å²) in [6, 6.07) is 6.04. The third-order valence-electron chi connectivity index (χ3n) is 3.83. The quantitative estimate of drug-likeness (QED) is 0.449. The average Bonchev–Trinajstić information content (AvgIpc) is 2.66. The zero-order valence-electron chi connectivity index (χ0n) is 15.9. The van der Waals surface area contributed by atoms with Crippen molar-refractivity contribution in [1.29, 1.82) is 0 Å². The van der Waals surface area contributed by atoms with Crippen molar-refractivity contribution >= 4 is 29.8 Å². The SMILES string of the molecule is CCCCOC(=O)N[C@@H](CCCCNC(=O)OCc1ccccc1Cl)C(=O)O. The van der Waals surface area contributed by atoms with Gasteiger partial charge in [0, 0.05) is 17.1 Å². The number of unbranched alkanes of at least 4 members (excludes halogenated alkanes) is 2. The topological polar surface area (TPSA) is 114 Å². The summed E-state index contributed by atoms with van der Waals surface area (Å²) in [7, 11) is 0. The first kappa shape index (κ1) is 23.6. The van der Waals surface area contributed by atoms with Crippen molar-refractivity contribution in [3.8, 4) is 0 Å². The molecule has 0 fully saturated rings. The molecule has 2 amide bonds. The van der Waals surface area contributed by atoms with Crippen molar-refractivity contribution in [2.45, 2.75) is 51.7 Å². The molecule has 0 saturated heterocycles. The lowest BCUT2D eigenvalue weighted by atomic mass is 10.1. The van der Waals surface area contributed by atoms with E-state index in [1.54, 1.807) is 24.3 Å². The van der Waals surface area contributed by atoms with Gasteiger partial charge in [-0.25, -0.2) is 14.4 Å². The molecule has 0 heterocycles. The Labute approximate surface area is 169 Å². The molecule has 0 radical (unpaired) electrons. The maximum absolute atomic E-state index is 11.7. The highest BCUT2D eigenvalue weighted by Crippen LogP contribution is 2.15. The summed E-state index contributed by atoms with van der Waals surface area (Å²) in [5.41, 5.74) is 0.709. The van der Waals surface area contributed by atoms with Crippen LogP contribution in [0, 0.1) is 0 Å². The van der Waals surface area contributed by atoms with E-state index < -0.39 is 24.2 Å². The molecule has 0 unspecified atom stereocenters. The molecule has 1 rings (SSSR count). The number of hydrogen-bond acceptors (Lipinski definition) is 5. The maximum Gasteiger partial charge on any atom is 0.407 e. The van der Waals surface area contributed by atoms with Gasteiger partial charge in [0.25, 0.3) is 0 Å². The van der Waals surface area contributed by atoms with Gasteiger partial charge in [-0.3, -0.25) is 0 Å². The van der Waals surface area contributed by atoms with E-state index in [0.29, 0.717) is 30.0 Å². The molecule has 0 aliphatic rings. The normalized spacial score (nSPS) is 11.4. The van der Waals surface area contributed by atoms with Gasteiger partial charge < -0.3 is 25.2 Å². The van der Waals surface area contributed by atoms with Crippen LogP contribution in [-0.4, -0.2) is 42.5 Å². The Morgan fingerprint density at radius 1 is 1.11 bits per heavy atom. The molecule has 0 aromatic heterocycles. The highest BCUT2D eigenvalue weighted by atomic mass is 35.5. The smallest absolute Gasteiger partial charge is 0.407 e. The summed E-state index contributed by atoms with van der Waals surface area (Å²) in [4.78, 5) is 34.4. The number of amides is 2. The number of nitrogens with one attached hydrogen (secondary N) is 2. The fourth-order valence-corrected chi connectivity index (χ4v) is 2.41. The van der Waals surface area contributed by atoms with Crippen LogP contribution in [0.15, 0.2) is 24.3 Å². The number of benzene rings is 1. The Kier molecular flexibility index (Phi) is 11.5. The number of ether oxygens (including phenoxy) is 2. The number of carboxylic acid groups (broad SMARTS) is 1. The molecule has 0 aliphatic heterocycles. The number of halogens is 1. The Morgan fingerprint density at radius 3 is 2.54 bits per heavy atom. The summed E-state index contributed by atoms with van der Waals surface area (Å²) in [6.45, 7) is 2.61. The lowest BCUT2D eigenvalue weighted by Gasteiger charge is -2.14. The van der Waals surface area contributed by atoms with Gasteiger partial charge >= 0.3 is 18.2 Å². The summed E-state index contributed by atoms with van der Waals surface area (Å²) in [6.07, 6.45) is 1.56. The number of carbonyl (C=O) groups excluding carboxylic acids is 2. The van der Waals surface area contributed by atoms with Crippen molar-refractivity contribution in [2.24, 2.45) is 0 Å². The van der Waals surface area contributed by atoms with Gasteiger partial charge in [0.1, 0.15) is 12.6 Å². The Morgan fingerprint density at radius 2 is 1.86 bits per heavy atom. The van der Waals surface area contributed by atoms with Crippen LogP contribution in [0.4, 0.5) is 9.59 Å². The number of carbonyl (C=O) groups is 3. The van der Waals surface area contributed by atoms with Crippen LogP contribution in [0.2, 0.25) is 5.02 Å². The van der Waals surface area contributed by atoms with E-state index in [1.807, 2.05) is 6.92 Å². The second-order valence-corrected chi connectivity index (χ2v) is 6.52. The number of carboxylic acids is 1. The van der Waals surface area contributed by atoms with Gasteiger partial charge in [-0.15, -0.1) is 0 Å². The lowest BCUT2D eigenvalue weighted by molar-refractivity contribution is -0.139. The maximum atomic E-state index is 11.7. The van der Waals surface area contributed by atoms with Crippen LogP contribution in [-0.2, 0) is 20.9 Å². The minimum Gasteiger partial charge on any atom is -0.480 e. The van der Waals surface area contributed by atoms with Crippen molar-refractivity contribution in [1.82, 2.24) is 10.6 Å². The summed E-state index contributed by atoms with van der Waals surface area (Å²) in [5.74, 6) is -1.13. The predicted octanol–water partition coefficient (Wildman–Crippen LogP) is 3.72. The molecule has 1 aromatic rings. The minimum absolute atomic E-state index is 0.0661. The Balaban J connectivity index is 2.19. The Bertz CT molecular complexity index is 641. The minimum atomic E-state index is -1.13. The number of hydrogen-bond donors (Lipinski definition) is 3. The van der Waals surface area contributed by atoms with Gasteiger partial charge in [0.15, 0.2) is 0 Å². The first-order chi connectivity index (χ1) is 13.4. The molecular weight excluding hydrogens is 388 g/mol. The molecule has 8 nitrogen and oxygen atoms in total. The fraction of sp³-hybridized carbons (Fsp3) is 0.526. The molecule has 1 aromatic carbocycles. The van der Waals surface area contributed by atoms with Crippen molar-refractivity contribution in [2.75, 3.05) is 13.2 Å². The molecule has 1 atom stereocenters. The van der Waals surface area contributed by atoms with Crippen LogP contribution in [0.3, 0.4) is 0 Å².